The molecule has 0 unspecified atom stereocenters. The van der Waals surface area contributed by atoms with Gasteiger partial charge in [-0.05, 0) is 55.8 Å². The van der Waals surface area contributed by atoms with E-state index >= 15 is 0 Å². The van der Waals surface area contributed by atoms with E-state index in [4.69, 9.17) is 9.47 Å². The predicted octanol–water partition coefficient (Wildman–Crippen LogP) is 4.71. The number of ether oxygens (including phenoxy) is 2. The summed E-state index contributed by atoms with van der Waals surface area (Å²) in [6.07, 6.45) is -4.61. The zero-order chi connectivity index (χ0) is 22.8. The summed E-state index contributed by atoms with van der Waals surface area (Å²) < 4.78 is 51.7. The molecule has 1 amide bonds. The van der Waals surface area contributed by atoms with E-state index in [2.05, 4.69) is 10.4 Å². The van der Waals surface area contributed by atoms with E-state index in [0.717, 1.165) is 17.8 Å². The van der Waals surface area contributed by atoms with Crippen molar-refractivity contribution in [1.29, 1.82) is 0 Å². The number of nitrogens with zero attached hydrogens (tertiary/aromatic N) is 2. The Bertz CT molecular complexity index is 1110. The number of benzene rings is 2. The molecule has 6 nitrogen and oxygen atoms in total. The van der Waals surface area contributed by atoms with E-state index in [-0.39, 0.29) is 12.1 Å². The second-order valence-corrected chi connectivity index (χ2v) is 6.98. The number of hydrogen-bond acceptors (Lipinski definition) is 4. The fourth-order valence-electron chi connectivity index (χ4n) is 3.24. The third kappa shape index (κ3) is 4.99. The minimum Gasteiger partial charge on any atom is -0.493 e. The van der Waals surface area contributed by atoms with Crippen LogP contribution in [0.15, 0.2) is 42.5 Å². The molecule has 164 valence electrons. The minimum atomic E-state index is -4.55. The molecule has 0 atom stereocenters. The second-order valence-electron chi connectivity index (χ2n) is 6.98. The molecule has 1 heterocycles. The Morgan fingerprint density at radius 1 is 1.03 bits per heavy atom. The standard InChI is InChI=1S/C22H22F3N3O3/c1-13-9-14(2)28(27-13)18-7-6-16(22(23,24)25)12-17(18)26-21(29)11-15-5-8-19(30-3)20(10-15)31-4/h5-10,12H,11H2,1-4H3,(H,26,29). The summed E-state index contributed by atoms with van der Waals surface area (Å²) in [4.78, 5) is 12.7. The lowest BCUT2D eigenvalue weighted by Crippen LogP contribution is -2.18. The van der Waals surface area contributed by atoms with Crippen molar-refractivity contribution in [2.75, 3.05) is 19.5 Å². The van der Waals surface area contributed by atoms with Crippen molar-refractivity contribution >= 4 is 11.6 Å². The van der Waals surface area contributed by atoms with Crippen molar-refractivity contribution < 1.29 is 27.4 Å². The number of amides is 1. The molecule has 3 aromatic rings. The van der Waals surface area contributed by atoms with Gasteiger partial charge in [-0.1, -0.05) is 6.07 Å². The zero-order valence-electron chi connectivity index (χ0n) is 17.5. The van der Waals surface area contributed by atoms with Gasteiger partial charge in [0.15, 0.2) is 11.5 Å². The lowest BCUT2D eigenvalue weighted by molar-refractivity contribution is -0.137. The van der Waals surface area contributed by atoms with Crippen LogP contribution in [0.3, 0.4) is 0 Å². The van der Waals surface area contributed by atoms with Crippen LogP contribution >= 0.6 is 0 Å². The fraction of sp³-hybridized carbons (Fsp3) is 0.273. The van der Waals surface area contributed by atoms with Gasteiger partial charge in [0.1, 0.15) is 0 Å². The number of rotatable bonds is 6. The van der Waals surface area contributed by atoms with Crippen LogP contribution in [-0.4, -0.2) is 29.9 Å². The summed E-state index contributed by atoms with van der Waals surface area (Å²) in [5.41, 5.74) is 1.56. The number of carbonyl (C=O) groups excluding carboxylic acids is 1. The van der Waals surface area contributed by atoms with Crippen molar-refractivity contribution in [1.82, 2.24) is 9.78 Å². The maximum absolute atomic E-state index is 13.3. The Kier molecular flexibility index (Phi) is 6.24. The SMILES string of the molecule is COc1ccc(CC(=O)Nc2cc(C(F)(F)F)ccc2-n2nc(C)cc2C)cc1OC. The van der Waals surface area contributed by atoms with Crippen LogP contribution in [0.2, 0.25) is 0 Å². The first kappa shape index (κ1) is 22.2. The molecule has 1 N–H and O–H groups in total. The van der Waals surface area contributed by atoms with Crippen molar-refractivity contribution in [3.8, 4) is 17.2 Å². The number of halogens is 3. The first-order chi connectivity index (χ1) is 14.6. The molecule has 2 aromatic carbocycles. The molecular weight excluding hydrogens is 411 g/mol. The van der Waals surface area contributed by atoms with E-state index in [1.165, 1.54) is 25.0 Å². The summed E-state index contributed by atoms with van der Waals surface area (Å²) in [5.74, 6) is 0.487. The summed E-state index contributed by atoms with van der Waals surface area (Å²) in [7, 11) is 2.98. The highest BCUT2D eigenvalue weighted by atomic mass is 19.4. The van der Waals surface area contributed by atoms with Gasteiger partial charge < -0.3 is 14.8 Å². The molecule has 0 aliphatic rings. The van der Waals surface area contributed by atoms with Gasteiger partial charge in [0, 0.05) is 5.69 Å². The Morgan fingerprint density at radius 2 is 1.74 bits per heavy atom. The molecule has 9 heteroatoms. The number of alkyl halides is 3. The topological polar surface area (TPSA) is 65.4 Å². The first-order valence-electron chi connectivity index (χ1n) is 9.38. The fourth-order valence-corrected chi connectivity index (χ4v) is 3.24. The van der Waals surface area contributed by atoms with Crippen LogP contribution < -0.4 is 14.8 Å². The third-order valence-corrected chi connectivity index (χ3v) is 4.65. The number of methoxy groups -OCH3 is 2. The van der Waals surface area contributed by atoms with E-state index in [9.17, 15) is 18.0 Å². The second kappa shape index (κ2) is 8.71. The first-order valence-corrected chi connectivity index (χ1v) is 9.38. The number of carbonyl (C=O) groups is 1. The molecule has 0 bridgehead atoms. The van der Waals surface area contributed by atoms with Crippen molar-refractivity contribution in [2.24, 2.45) is 0 Å². The summed E-state index contributed by atoms with van der Waals surface area (Å²) in [5, 5.41) is 6.92. The molecule has 0 radical (unpaired) electrons. The Labute approximate surface area is 177 Å². The quantitative estimate of drug-likeness (QED) is 0.612. The van der Waals surface area contributed by atoms with E-state index in [1.807, 2.05) is 0 Å². The Hall–Kier alpha value is -3.49. The summed E-state index contributed by atoms with van der Waals surface area (Å²) in [6.45, 7) is 3.57. The number of anilines is 1. The maximum Gasteiger partial charge on any atom is 0.416 e. The van der Waals surface area contributed by atoms with Crippen LogP contribution in [0.1, 0.15) is 22.5 Å². The van der Waals surface area contributed by atoms with Crippen LogP contribution in [-0.2, 0) is 17.4 Å². The van der Waals surface area contributed by atoms with Crippen molar-refractivity contribution in [3.63, 3.8) is 0 Å². The molecular formula is C22H22F3N3O3. The van der Waals surface area contributed by atoms with Crippen LogP contribution in [0, 0.1) is 13.8 Å². The van der Waals surface area contributed by atoms with E-state index in [0.29, 0.717) is 28.4 Å². The number of aromatic nitrogens is 2. The Morgan fingerprint density at radius 3 is 2.32 bits per heavy atom. The molecule has 0 saturated carbocycles. The lowest BCUT2D eigenvalue weighted by atomic mass is 10.1. The molecule has 0 saturated heterocycles. The zero-order valence-corrected chi connectivity index (χ0v) is 17.5. The predicted molar refractivity (Wildman–Crippen MR) is 110 cm³/mol. The normalized spacial score (nSPS) is 11.3. The highest BCUT2D eigenvalue weighted by Gasteiger charge is 2.31. The van der Waals surface area contributed by atoms with Crippen LogP contribution in [0.4, 0.5) is 18.9 Å². The maximum atomic E-state index is 13.3. The van der Waals surface area contributed by atoms with Gasteiger partial charge >= 0.3 is 6.18 Å². The molecule has 0 fully saturated rings. The van der Waals surface area contributed by atoms with Gasteiger partial charge in [-0.3, -0.25) is 4.79 Å². The van der Waals surface area contributed by atoms with E-state index < -0.39 is 17.6 Å². The van der Waals surface area contributed by atoms with E-state index in [1.54, 1.807) is 38.1 Å². The molecule has 1 aromatic heterocycles. The van der Waals surface area contributed by atoms with Gasteiger partial charge in [-0.2, -0.15) is 18.3 Å². The summed E-state index contributed by atoms with van der Waals surface area (Å²) in [6, 6.07) is 9.98. The van der Waals surface area contributed by atoms with Gasteiger partial charge in [0.05, 0.1) is 43.3 Å². The molecule has 0 aliphatic carbocycles. The molecule has 0 spiro atoms. The molecule has 31 heavy (non-hydrogen) atoms. The third-order valence-electron chi connectivity index (χ3n) is 4.65. The lowest BCUT2D eigenvalue weighted by Gasteiger charge is -2.16. The molecule has 3 rings (SSSR count). The highest BCUT2D eigenvalue weighted by molar-refractivity contribution is 5.94. The Balaban J connectivity index is 1.93. The van der Waals surface area contributed by atoms with Gasteiger partial charge in [-0.25, -0.2) is 4.68 Å². The monoisotopic (exact) mass is 433 g/mol. The highest BCUT2D eigenvalue weighted by Crippen LogP contribution is 2.34. The van der Waals surface area contributed by atoms with Gasteiger partial charge in [0.25, 0.3) is 0 Å². The summed E-state index contributed by atoms with van der Waals surface area (Å²) >= 11 is 0. The van der Waals surface area contributed by atoms with Gasteiger partial charge in [-0.15, -0.1) is 0 Å². The van der Waals surface area contributed by atoms with Crippen molar-refractivity contribution in [2.45, 2.75) is 26.4 Å². The molecule has 0 aliphatic heterocycles. The number of hydrogen-bond donors (Lipinski definition) is 1. The average Bonchev–Trinajstić information content (AvgIpc) is 3.04. The average molecular weight is 433 g/mol. The van der Waals surface area contributed by atoms with Crippen molar-refractivity contribution in [3.05, 3.63) is 65.0 Å². The minimum absolute atomic E-state index is 0.0199. The van der Waals surface area contributed by atoms with Gasteiger partial charge in [0.2, 0.25) is 5.91 Å². The smallest absolute Gasteiger partial charge is 0.416 e. The van der Waals surface area contributed by atoms with Crippen LogP contribution in [0.25, 0.3) is 5.69 Å². The largest absolute Gasteiger partial charge is 0.493 e. The van der Waals surface area contributed by atoms with Crippen LogP contribution in [0.5, 0.6) is 11.5 Å². The number of nitrogens with one attached hydrogen (secondary N) is 1. The number of aryl methyl sites for hydroxylation is 2.